The van der Waals surface area contributed by atoms with Crippen molar-refractivity contribution in [3.05, 3.63) is 0 Å². The van der Waals surface area contributed by atoms with Crippen molar-refractivity contribution in [2.45, 2.75) is 39.1 Å². The zero-order valence-electron chi connectivity index (χ0n) is 10.7. The molecule has 0 aromatic carbocycles. The molecule has 0 aromatic rings. The number of carbonyl (C=O) groups excluding carboxylic acids is 2. The minimum Gasteiger partial charge on any atom is -0.366 e. The minimum absolute atomic E-state index is 0.0540. The molecular formula is C10H20N2O4S2. The van der Waals surface area contributed by atoms with Gasteiger partial charge in [-0.05, 0) is 6.92 Å². The van der Waals surface area contributed by atoms with Gasteiger partial charge in [-0.3, -0.25) is 9.59 Å². The smallest absolute Gasteiger partial charge is 0.217 e. The van der Waals surface area contributed by atoms with Crippen molar-refractivity contribution in [3.8, 4) is 0 Å². The third-order valence-electron chi connectivity index (χ3n) is 1.85. The Balaban J connectivity index is 3.79. The van der Waals surface area contributed by atoms with Crippen LogP contribution in [-0.4, -0.2) is 51.9 Å². The highest BCUT2D eigenvalue weighted by molar-refractivity contribution is 8.76. The van der Waals surface area contributed by atoms with Crippen LogP contribution in [0.25, 0.3) is 0 Å². The first kappa shape index (κ1) is 17.6. The molecule has 0 radical (unpaired) electrons. The number of hydrogen-bond acceptors (Lipinski definition) is 6. The summed E-state index contributed by atoms with van der Waals surface area (Å²) in [7, 11) is 2.92. The largest absolute Gasteiger partial charge is 0.366 e. The molecule has 0 saturated heterocycles. The molecular weight excluding hydrogens is 276 g/mol. The van der Waals surface area contributed by atoms with Crippen molar-refractivity contribution in [2.75, 3.05) is 11.5 Å². The van der Waals surface area contributed by atoms with Crippen LogP contribution in [0.4, 0.5) is 0 Å². The number of amides is 2. The van der Waals surface area contributed by atoms with E-state index in [1.165, 1.54) is 35.4 Å². The van der Waals surface area contributed by atoms with Gasteiger partial charge in [0.25, 0.3) is 0 Å². The molecule has 0 heterocycles. The molecule has 4 N–H and O–H groups in total. The number of aliphatic hydroxyl groups is 2. The summed E-state index contributed by atoms with van der Waals surface area (Å²) < 4.78 is 0. The van der Waals surface area contributed by atoms with Gasteiger partial charge in [0.1, 0.15) is 0 Å². The molecule has 0 rings (SSSR count). The average molecular weight is 296 g/mol. The standard InChI is InChI=1S/C10H20N2O4S2/c1-6(11-7(2)13)4-17-18-5-9(10(15)16)12-8(3)14/h6,9-10,15-16H,4-5H2,1-3H3,(H,11,13)(H,12,14). The average Bonchev–Trinajstić information content (AvgIpc) is 2.20. The summed E-state index contributed by atoms with van der Waals surface area (Å²) in [6.45, 7) is 4.68. The molecule has 2 atom stereocenters. The Hall–Kier alpha value is -0.440. The maximum Gasteiger partial charge on any atom is 0.217 e. The van der Waals surface area contributed by atoms with Crippen molar-refractivity contribution in [1.82, 2.24) is 10.6 Å². The Bertz CT molecular complexity index is 277. The molecule has 0 aliphatic carbocycles. The first-order valence-corrected chi connectivity index (χ1v) is 7.96. The second-order valence-corrected chi connectivity index (χ2v) is 6.44. The van der Waals surface area contributed by atoms with Crippen LogP contribution in [-0.2, 0) is 9.59 Å². The summed E-state index contributed by atoms with van der Waals surface area (Å²) >= 11 is 0. The fourth-order valence-electron chi connectivity index (χ4n) is 1.12. The summed E-state index contributed by atoms with van der Waals surface area (Å²) in [4.78, 5) is 21.6. The van der Waals surface area contributed by atoms with E-state index in [0.29, 0.717) is 11.5 Å². The maximum atomic E-state index is 10.8. The summed E-state index contributed by atoms with van der Waals surface area (Å²) in [6, 6.07) is -0.630. The van der Waals surface area contributed by atoms with Gasteiger partial charge in [0, 0.05) is 31.4 Å². The van der Waals surface area contributed by atoms with E-state index in [4.69, 9.17) is 10.2 Å². The third kappa shape index (κ3) is 9.58. The third-order valence-corrected chi connectivity index (χ3v) is 4.46. The minimum atomic E-state index is -1.57. The van der Waals surface area contributed by atoms with Gasteiger partial charge in [-0.15, -0.1) is 0 Å². The summed E-state index contributed by atoms with van der Waals surface area (Å²) in [5.41, 5.74) is 0. The predicted molar refractivity (Wildman–Crippen MR) is 74.0 cm³/mol. The lowest BCUT2D eigenvalue weighted by molar-refractivity contribution is -0.124. The van der Waals surface area contributed by atoms with Crippen molar-refractivity contribution >= 4 is 33.4 Å². The van der Waals surface area contributed by atoms with Crippen LogP contribution in [0.3, 0.4) is 0 Å². The predicted octanol–water partition coefficient (Wildman–Crippen LogP) is -0.292. The Morgan fingerprint density at radius 2 is 1.56 bits per heavy atom. The van der Waals surface area contributed by atoms with E-state index in [9.17, 15) is 9.59 Å². The lowest BCUT2D eigenvalue weighted by Crippen LogP contribution is -2.44. The molecule has 0 saturated carbocycles. The zero-order valence-corrected chi connectivity index (χ0v) is 12.3. The fourth-order valence-corrected chi connectivity index (χ4v) is 3.64. The highest BCUT2D eigenvalue weighted by atomic mass is 33.1. The van der Waals surface area contributed by atoms with E-state index in [0.717, 1.165) is 0 Å². The van der Waals surface area contributed by atoms with Crippen LogP contribution in [0, 0.1) is 0 Å². The maximum absolute atomic E-state index is 10.8. The van der Waals surface area contributed by atoms with E-state index in [1.54, 1.807) is 0 Å². The number of hydrogen-bond donors (Lipinski definition) is 4. The highest BCUT2D eigenvalue weighted by Gasteiger charge is 2.17. The number of nitrogens with one attached hydrogen (secondary N) is 2. The molecule has 0 spiro atoms. The van der Waals surface area contributed by atoms with Crippen molar-refractivity contribution in [3.63, 3.8) is 0 Å². The van der Waals surface area contributed by atoms with Gasteiger partial charge in [-0.2, -0.15) is 0 Å². The quantitative estimate of drug-likeness (QED) is 0.279. The van der Waals surface area contributed by atoms with Gasteiger partial charge < -0.3 is 20.8 Å². The molecule has 0 fully saturated rings. The van der Waals surface area contributed by atoms with Crippen molar-refractivity contribution < 1.29 is 19.8 Å². The van der Waals surface area contributed by atoms with Crippen LogP contribution >= 0.6 is 21.6 Å². The van der Waals surface area contributed by atoms with E-state index in [1.807, 2.05) is 6.92 Å². The van der Waals surface area contributed by atoms with Gasteiger partial charge in [-0.25, -0.2) is 0 Å². The van der Waals surface area contributed by atoms with E-state index in [2.05, 4.69) is 10.6 Å². The molecule has 2 amide bonds. The molecule has 106 valence electrons. The number of aliphatic hydroxyl groups excluding tert-OH is 1. The Labute approximate surface area is 115 Å². The summed E-state index contributed by atoms with van der Waals surface area (Å²) in [5.74, 6) is 0.716. The molecule has 6 nitrogen and oxygen atoms in total. The van der Waals surface area contributed by atoms with E-state index < -0.39 is 12.3 Å². The summed E-state index contributed by atoms with van der Waals surface area (Å²) in [6.07, 6.45) is -1.57. The van der Waals surface area contributed by atoms with Gasteiger partial charge in [0.15, 0.2) is 6.29 Å². The Kier molecular flexibility index (Phi) is 9.25. The monoisotopic (exact) mass is 296 g/mol. The molecule has 0 aliphatic heterocycles. The number of rotatable bonds is 8. The van der Waals surface area contributed by atoms with Crippen molar-refractivity contribution in [1.29, 1.82) is 0 Å². The van der Waals surface area contributed by atoms with Crippen LogP contribution in [0.1, 0.15) is 20.8 Å². The molecule has 2 unspecified atom stereocenters. The molecule has 0 bridgehead atoms. The van der Waals surface area contributed by atoms with Gasteiger partial charge >= 0.3 is 0 Å². The summed E-state index contributed by atoms with van der Waals surface area (Å²) in [5, 5.41) is 23.3. The molecule has 0 aromatic heterocycles. The van der Waals surface area contributed by atoms with Crippen LogP contribution in [0.2, 0.25) is 0 Å². The van der Waals surface area contributed by atoms with E-state index in [-0.39, 0.29) is 17.9 Å². The van der Waals surface area contributed by atoms with Crippen LogP contribution in [0.15, 0.2) is 0 Å². The topological polar surface area (TPSA) is 98.7 Å². The highest BCUT2D eigenvalue weighted by Crippen LogP contribution is 2.23. The second-order valence-electron chi connectivity index (χ2n) is 3.89. The Morgan fingerprint density at radius 1 is 1.06 bits per heavy atom. The first-order valence-electron chi connectivity index (χ1n) is 5.47. The van der Waals surface area contributed by atoms with Gasteiger partial charge in [0.2, 0.25) is 11.8 Å². The SMILES string of the molecule is CC(=O)NC(C)CSSCC(NC(C)=O)C(O)O. The second kappa shape index (κ2) is 9.48. The Morgan fingerprint density at radius 3 is 2.00 bits per heavy atom. The van der Waals surface area contributed by atoms with Crippen molar-refractivity contribution in [2.24, 2.45) is 0 Å². The molecule has 0 aliphatic rings. The van der Waals surface area contributed by atoms with Gasteiger partial charge in [0.05, 0.1) is 6.04 Å². The lowest BCUT2D eigenvalue weighted by Gasteiger charge is -2.19. The first-order chi connectivity index (χ1) is 8.32. The fraction of sp³-hybridized carbons (Fsp3) is 0.800. The molecule has 18 heavy (non-hydrogen) atoms. The van der Waals surface area contributed by atoms with E-state index >= 15 is 0 Å². The molecule has 8 heteroatoms. The van der Waals surface area contributed by atoms with Crippen LogP contribution in [0.5, 0.6) is 0 Å². The number of carbonyl (C=O) groups is 2. The lowest BCUT2D eigenvalue weighted by atomic mass is 10.3. The van der Waals surface area contributed by atoms with Gasteiger partial charge in [-0.1, -0.05) is 21.6 Å². The zero-order chi connectivity index (χ0) is 14.1. The van der Waals surface area contributed by atoms with Crippen LogP contribution < -0.4 is 10.6 Å². The normalized spacial score (nSPS) is 14.1.